The Labute approximate surface area is 169 Å². The zero-order chi connectivity index (χ0) is 20.7. The number of nitrogens with zero attached hydrogens (tertiary/aromatic N) is 3. The number of anilines is 1. The van der Waals surface area contributed by atoms with Gasteiger partial charge in [-0.05, 0) is 43.8 Å². The van der Waals surface area contributed by atoms with Crippen LogP contribution in [-0.2, 0) is 6.42 Å². The molecule has 7 nitrogen and oxygen atoms in total. The number of hydrogen-bond acceptors (Lipinski definition) is 5. The zero-order valence-corrected chi connectivity index (χ0v) is 17.0. The molecule has 29 heavy (non-hydrogen) atoms. The van der Waals surface area contributed by atoms with Crippen molar-refractivity contribution in [3.63, 3.8) is 0 Å². The highest BCUT2D eigenvalue weighted by molar-refractivity contribution is 6.13. The van der Waals surface area contributed by atoms with Gasteiger partial charge in [-0.15, -0.1) is 0 Å². The molecule has 4 rings (SSSR count). The molecule has 0 spiro atoms. The number of carbonyl (C=O) groups is 2. The van der Waals surface area contributed by atoms with Crippen LogP contribution in [0.3, 0.4) is 0 Å². The molecule has 0 aliphatic heterocycles. The van der Waals surface area contributed by atoms with Gasteiger partial charge in [0.2, 0.25) is 0 Å². The lowest BCUT2D eigenvalue weighted by Crippen LogP contribution is -2.30. The summed E-state index contributed by atoms with van der Waals surface area (Å²) in [4.78, 5) is 36.2. The van der Waals surface area contributed by atoms with Crippen molar-refractivity contribution in [3.05, 3.63) is 47.3 Å². The second-order valence-electron chi connectivity index (χ2n) is 7.83. The number of imidazole rings is 1. The van der Waals surface area contributed by atoms with Crippen molar-refractivity contribution in [2.45, 2.75) is 12.8 Å². The number of aromatic amines is 1. The molecule has 150 valence electrons. The summed E-state index contributed by atoms with van der Waals surface area (Å²) in [6.45, 7) is 1.56. The van der Waals surface area contributed by atoms with Gasteiger partial charge < -0.3 is 20.5 Å². The van der Waals surface area contributed by atoms with Gasteiger partial charge in [-0.1, -0.05) is 12.1 Å². The molecule has 1 aromatic heterocycles. The van der Waals surface area contributed by atoms with Crippen LogP contribution < -0.4 is 10.6 Å². The minimum absolute atomic E-state index is 0.178. The summed E-state index contributed by atoms with van der Waals surface area (Å²) in [7, 11) is 5.96. The third kappa shape index (κ3) is 3.38. The Morgan fingerprint density at radius 3 is 2.66 bits per heavy atom. The third-order valence-electron chi connectivity index (χ3n) is 5.56. The van der Waals surface area contributed by atoms with Crippen molar-refractivity contribution in [2.75, 3.05) is 39.1 Å². The lowest BCUT2D eigenvalue weighted by molar-refractivity contribution is 0.0989. The fourth-order valence-electron chi connectivity index (χ4n) is 3.94. The molecule has 2 aromatic carbocycles. The van der Waals surface area contributed by atoms with Crippen LogP contribution in [0.5, 0.6) is 0 Å². The van der Waals surface area contributed by atoms with Crippen LogP contribution in [0.15, 0.2) is 30.6 Å². The predicted octanol–water partition coefficient (Wildman–Crippen LogP) is 2.46. The quantitative estimate of drug-likeness (QED) is 0.673. The molecular weight excluding hydrogens is 366 g/mol. The van der Waals surface area contributed by atoms with Gasteiger partial charge in [0.1, 0.15) is 0 Å². The molecule has 0 saturated heterocycles. The van der Waals surface area contributed by atoms with E-state index in [0.29, 0.717) is 23.0 Å². The summed E-state index contributed by atoms with van der Waals surface area (Å²) in [5.41, 5.74) is 11.9. The maximum Gasteiger partial charge on any atom is 0.253 e. The number of aromatic nitrogens is 2. The normalized spacial score (nSPS) is 13.3. The predicted molar refractivity (Wildman–Crippen MR) is 115 cm³/mol. The fourth-order valence-corrected chi connectivity index (χ4v) is 3.94. The summed E-state index contributed by atoms with van der Waals surface area (Å²) in [6.07, 6.45) is 2.93. The monoisotopic (exact) mass is 391 g/mol. The van der Waals surface area contributed by atoms with Crippen LogP contribution in [0.25, 0.3) is 22.2 Å². The van der Waals surface area contributed by atoms with Crippen molar-refractivity contribution >= 4 is 28.4 Å². The number of primary amides is 1. The maximum absolute atomic E-state index is 12.3. The molecule has 0 atom stereocenters. The number of hydrogen-bond donors (Lipinski definition) is 2. The highest BCUT2D eigenvalue weighted by Gasteiger charge is 2.24. The summed E-state index contributed by atoms with van der Waals surface area (Å²) in [5.74, 6) is -0.321. The highest BCUT2D eigenvalue weighted by atomic mass is 16.1. The second-order valence-corrected chi connectivity index (χ2v) is 7.83. The molecule has 0 unspecified atom stereocenters. The van der Waals surface area contributed by atoms with Crippen molar-refractivity contribution in [2.24, 2.45) is 5.73 Å². The molecule has 0 saturated carbocycles. The van der Waals surface area contributed by atoms with E-state index in [0.717, 1.165) is 47.5 Å². The topological polar surface area (TPSA) is 95.3 Å². The number of nitrogens with one attached hydrogen (secondary N) is 1. The van der Waals surface area contributed by atoms with Gasteiger partial charge in [0.15, 0.2) is 5.78 Å². The maximum atomic E-state index is 12.3. The first-order chi connectivity index (χ1) is 13.9. The van der Waals surface area contributed by atoms with Gasteiger partial charge in [-0.3, -0.25) is 9.59 Å². The average molecular weight is 391 g/mol. The lowest BCUT2D eigenvalue weighted by Gasteiger charge is -2.24. The number of fused-ring (bicyclic) bond motifs is 2. The zero-order valence-electron chi connectivity index (χ0n) is 17.0. The van der Waals surface area contributed by atoms with Crippen molar-refractivity contribution in [1.29, 1.82) is 0 Å². The van der Waals surface area contributed by atoms with E-state index < -0.39 is 5.91 Å². The van der Waals surface area contributed by atoms with Gasteiger partial charge in [-0.2, -0.15) is 0 Å². The molecule has 1 heterocycles. The molecule has 0 fully saturated rings. The fraction of sp³-hybridized carbons (Fsp3) is 0.318. The van der Waals surface area contributed by atoms with Crippen LogP contribution in [0.2, 0.25) is 0 Å². The van der Waals surface area contributed by atoms with E-state index in [1.54, 1.807) is 6.33 Å². The van der Waals surface area contributed by atoms with Gasteiger partial charge in [0.05, 0.1) is 28.6 Å². The van der Waals surface area contributed by atoms with Gasteiger partial charge >= 0.3 is 0 Å². The van der Waals surface area contributed by atoms with E-state index in [4.69, 9.17) is 5.73 Å². The Hall–Kier alpha value is -3.19. The van der Waals surface area contributed by atoms with E-state index in [1.807, 2.05) is 50.3 Å². The molecule has 1 aliphatic carbocycles. The van der Waals surface area contributed by atoms with Gasteiger partial charge in [-0.25, -0.2) is 4.98 Å². The number of carbonyl (C=O) groups excluding carboxylic acids is 2. The number of rotatable bonds is 6. The number of likely N-dealkylation sites (N-methyl/N-ethyl adjacent to an activating group) is 2. The van der Waals surface area contributed by atoms with E-state index >= 15 is 0 Å². The molecule has 1 aliphatic rings. The molecule has 3 N–H and O–H groups in total. The number of ketones is 1. The number of amides is 1. The van der Waals surface area contributed by atoms with E-state index in [-0.39, 0.29) is 5.78 Å². The first-order valence-electron chi connectivity index (χ1n) is 9.69. The summed E-state index contributed by atoms with van der Waals surface area (Å²) < 4.78 is 0. The molecular formula is C22H25N5O2. The van der Waals surface area contributed by atoms with Gasteiger partial charge in [0.25, 0.3) is 5.91 Å². The average Bonchev–Trinajstić information content (AvgIpc) is 3.31. The van der Waals surface area contributed by atoms with Crippen molar-refractivity contribution < 1.29 is 9.59 Å². The smallest absolute Gasteiger partial charge is 0.253 e. The minimum Gasteiger partial charge on any atom is -0.373 e. The standard InChI is InChI=1S/C22H25N5O2/c1-26(2)8-9-27(3)17-11-16(20-21(25-12-24-20)19(17)22(23)29)14-5-4-13-6-7-18(28)15(13)10-14/h4-5,10-12H,6-9H2,1-3H3,(H2,23,29)(H,24,25). The molecule has 0 radical (unpaired) electrons. The highest BCUT2D eigenvalue weighted by Crippen LogP contribution is 2.37. The first kappa shape index (κ1) is 19.1. The van der Waals surface area contributed by atoms with Crippen LogP contribution >= 0.6 is 0 Å². The Kier molecular flexibility index (Phi) is 4.84. The number of aryl methyl sites for hydroxylation is 1. The molecule has 3 aromatic rings. The van der Waals surface area contributed by atoms with Crippen LogP contribution in [-0.4, -0.2) is 60.8 Å². The number of H-pyrrole nitrogens is 1. The molecule has 1 amide bonds. The van der Waals surface area contributed by atoms with E-state index in [1.165, 1.54) is 0 Å². The summed E-state index contributed by atoms with van der Waals surface area (Å²) >= 11 is 0. The summed E-state index contributed by atoms with van der Waals surface area (Å²) in [5, 5.41) is 0. The van der Waals surface area contributed by atoms with E-state index in [9.17, 15) is 9.59 Å². The Bertz CT molecular complexity index is 1120. The van der Waals surface area contributed by atoms with Crippen molar-refractivity contribution in [3.8, 4) is 11.1 Å². The first-order valence-corrected chi connectivity index (χ1v) is 9.69. The van der Waals surface area contributed by atoms with Crippen LogP contribution in [0.4, 0.5) is 5.69 Å². The largest absolute Gasteiger partial charge is 0.373 e. The van der Waals surface area contributed by atoms with Crippen molar-refractivity contribution in [1.82, 2.24) is 14.9 Å². The number of Topliss-reactive ketones (excluding diaryl/α,β-unsaturated/α-hetero) is 1. The Morgan fingerprint density at radius 2 is 1.93 bits per heavy atom. The number of benzene rings is 2. The summed E-state index contributed by atoms with van der Waals surface area (Å²) in [6, 6.07) is 7.95. The Balaban J connectivity index is 1.90. The minimum atomic E-state index is -0.498. The lowest BCUT2D eigenvalue weighted by atomic mass is 9.96. The molecule has 0 bridgehead atoms. The SMILES string of the molecule is CN(C)CCN(C)c1cc(-c2ccc3c(c2)C(=O)CC3)c2nc[nH]c2c1C(N)=O. The molecule has 7 heteroatoms. The number of nitrogens with two attached hydrogens (primary N) is 1. The third-order valence-corrected chi connectivity index (χ3v) is 5.56. The van der Waals surface area contributed by atoms with Crippen LogP contribution in [0, 0.1) is 0 Å². The van der Waals surface area contributed by atoms with E-state index in [2.05, 4.69) is 14.9 Å². The second kappa shape index (κ2) is 7.33. The Morgan fingerprint density at radius 1 is 1.14 bits per heavy atom. The van der Waals surface area contributed by atoms with Crippen LogP contribution in [0.1, 0.15) is 32.7 Å². The van der Waals surface area contributed by atoms with Gasteiger partial charge in [0, 0.05) is 37.7 Å².